The first kappa shape index (κ1) is 27.2. The summed E-state index contributed by atoms with van der Waals surface area (Å²) in [5.74, 6) is -0.309. The Morgan fingerprint density at radius 3 is 2.32 bits per heavy atom. The van der Waals surface area contributed by atoms with E-state index in [-0.39, 0.29) is 18.3 Å². The average molecular weight is 554 g/mol. The number of nitrogens with one attached hydrogen (secondary N) is 2. The van der Waals surface area contributed by atoms with Gasteiger partial charge in [0.1, 0.15) is 18.2 Å². The van der Waals surface area contributed by atoms with Crippen LogP contribution in [0.5, 0.6) is 0 Å². The SMILES string of the molecule is CC(C)CN(CC(=O)Nc1cc(-c2ccccc2)nn1-c1ccc(F)cc1)C(=O)Nc1ccc(Cl)c(Cl)c1. The molecule has 3 amide bonds. The molecule has 4 rings (SSSR count). The van der Waals surface area contributed by atoms with Gasteiger partial charge in [0.2, 0.25) is 5.91 Å². The summed E-state index contributed by atoms with van der Waals surface area (Å²) in [6.07, 6.45) is 0. The van der Waals surface area contributed by atoms with E-state index in [0.717, 1.165) is 5.56 Å². The molecule has 2 N–H and O–H groups in total. The van der Waals surface area contributed by atoms with Gasteiger partial charge in [-0.2, -0.15) is 5.10 Å². The number of nitrogens with zero attached hydrogens (tertiary/aromatic N) is 3. The number of urea groups is 1. The van der Waals surface area contributed by atoms with Crippen molar-refractivity contribution >= 4 is 46.6 Å². The number of aromatic nitrogens is 2. The minimum Gasteiger partial charge on any atom is -0.315 e. The number of anilines is 2. The molecule has 0 saturated heterocycles. The van der Waals surface area contributed by atoms with E-state index in [1.165, 1.54) is 21.7 Å². The Labute approximate surface area is 230 Å². The lowest BCUT2D eigenvalue weighted by atomic mass is 10.1. The lowest BCUT2D eigenvalue weighted by molar-refractivity contribution is -0.116. The summed E-state index contributed by atoms with van der Waals surface area (Å²) < 4.78 is 15.1. The van der Waals surface area contributed by atoms with Gasteiger partial charge in [-0.05, 0) is 48.4 Å². The van der Waals surface area contributed by atoms with Crippen molar-refractivity contribution in [3.05, 3.63) is 94.7 Å². The largest absolute Gasteiger partial charge is 0.322 e. The zero-order valence-electron chi connectivity index (χ0n) is 20.8. The maximum Gasteiger partial charge on any atom is 0.322 e. The minimum absolute atomic E-state index is 0.108. The van der Waals surface area contributed by atoms with Crippen LogP contribution in [0.25, 0.3) is 16.9 Å². The quantitative estimate of drug-likeness (QED) is 0.244. The van der Waals surface area contributed by atoms with Crippen LogP contribution >= 0.6 is 23.2 Å². The fourth-order valence-corrected chi connectivity index (χ4v) is 4.09. The van der Waals surface area contributed by atoms with E-state index in [9.17, 15) is 14.0 Å². The van der Waals surface area contributed by atoms with Crippen molar-refractivity contribution in [3.63, 3.8) is 0 Å². The van der Waals surface area contributed by atoms with Gasteiger partial charge < -0.3 is 15.5 Å². The standard InChI is InChI=1S/C28H26Cl2FN5O2/c1-18(2)16-35(28(38)32-21-10-13-23(29)24(30)14-21)17-27(37)33-26-15-25(19-6-4-3-5-7-19)34-36(26)22-11-8-20(31)9-12-22/h3-15,18H,16-17H2,1-2H3,(H,32,38)(H,33,37). The zero-order valence-corrected chi connectivity index (χ0v) is 22.3. The molecule has 4 aromatic rings. The van der Waals surface area contributed by atoms with E-state index in [1.807, 2.05) is 44.2 Å². The highest BCUT2D eigenvalue weighted by Gasteiger charge is 2.21. The number of rotatable bonds is 8. The molecule has 0 aliphatic carbocycles. The third-order valence-electron chi connectivity index (χ3n) is 5.50. The number of amides is 3. The molecule has 1 aromatic heterocycles. The average Bonchev–Trinajstić information content (AvgIpc) is 3.30. The van der Waals surface area contributed by atoms with E-state index >= 15 is 0 Å². The van der Waals surface area contributed by atoms with Crippen LogP contribution in [-0.2, 0) is 4.79 Å². The van der Waals surface area contributed by atoms with E-state index in [0.29, 0.717) is 39.5 Å². The summed E-state index contributed by atoms with van der Waals surface area (Å²) in [5, 5.41) is 10.9. The second-order valence-corrected chi connectivity index (χ2v) is 9.87. The molecular formula is C28H26Cl2FN5O2. The second-order valence-electron chi connectivity index (χ2n) is 9.05. The van der Waals surface area contributed by atoms with Crippen molar-refractivity contribution in [1.82, 2.24) is 14.7 Å². The summed E-state index contributed by atoms with van der Waals surface area (Å²) in [4.78, 5) is 27.6. The highest BCUT2D eigenvalue weighted by molar-refractivity contribution is 6.42. The molecule has 0 saturated carbocycles. The maximum atomic E-state index is 13.5. The summed E-state index contributed by atoms with van der Waals surface area (Å²) in [7, 11) is 0. The predicted molar refractivity (Wildman–Crippen MR) is 149 cm³/mol. The van der Waals surface area contributed by atoms with Crippen LogP contribution in [-0.4, -0.2) is 39.7 Å². The Balaban J connectivity index is 1.56. The molecule has 0 atom stereocenters. The summed E-state index contributed by atoms with van der Waals surface area (Å²) in [5.41, 5.74) is 2.51. The van der Waals surface area contributed by atoms with Crippen molar-refractivity contribution in [1.29, 1.82) is 0 Å². The summed E-state index contributed by atoms with van der Waals surface area (Å²) >= 11 is 12.0. The summed E-state index contributed by atoms with van der Waals surface area (Å²) in [6, 6.07) is 21.3. The smallest absolute Gasteiger partial charge is 0.315 e. The first-order chi connectivity index (χ1) is 18.2. The van der Waals surface area contributed by atoms with E-state index in [2.05, 4.69) is 15.7 Å². The Hall–Kier alpha value is -3.88. The first-order valence-electron chi connectivity index (χ1n) is 11.9. The van der Waals surface area contributed by atoms with Gasteiger partial charge in [-0.15, -0.1) is 0 Å². The fourth-order valence-electron chi connectivity index (χ4n) is 3.79. The minimum atomic E-state index is -0.454. The van der Waals surface area contributed by atoms with Crippen molar-refractivity contribution in [2.45, 2.75) is 13.8 Å². The fraction of sp³-hybridized carbons (Fsp3) is 0.179. The van der Waals surface area contributed by atoms with Crippen LogP contribution in [0.3, 0.4) is 0 Å². The number of hydrogen-bond acceptors (Lipinski definition) is 3. The highest BCUT2D eigenvalue weighted by atomic mass is 35.5. The predicted octanol–water partition coefficient (Wildman–Crippen LogP) is 7.11. The van der Waals surface area contributed by atoms with Crippen molar-refractivity contribution < 1.29 is 14.0 Å². The van der Waals surface area contributed by atoms with Crippen LogP contribution in [0.2, 0.25) is 10.0 Å². The van der Waals surface area contributed by atoms with Crippen molar-refractivity contribution in [3.8, 4) is 16.9 Å². The Morgan fingerprint density at radius 2 is 1.66 bits per heavy atom. The molecule has 3 aromatic carbocycles. The van der Waals surface area contributed by atoms with Gasteiger partial charge in [-0.1, -0.05) is 67.4 Å². The first-order valence-corrected chi connectivity index (χ1v) is 12.7. The Kier molecular flexibility index (Phi) is 8.66. The Morgan fingerprint density at radius 1 is 0.947 bits per heavy atom. The number of hydrogen-bond donors (Lipinski definition) is 2. The van der Waals surface area contributed by atoms with Crippen molar-refractivity contribution in [2.75, 3.05) is 23.7 Å². The van der Waals surface area contributed by atoms with Gasteiger partial charge in [0.15, 0.2) is 0 Å². The normalized spacial score (nSPS) is 10.9. The van der Waals surface area contributed by atoms with Gasteiger partial charge in [0.05, 0.1) is 21.4 Å². The number of halogens is 3. The topological polar surface area (TPSA) is 79.3 Å². The van der Waals surface area contributed by atoms with Crippen LogP contribution in [0.15, 0.2) is 78.9 Å². The molecule has 0 bridgehead atoms. The zero-order chi connectivity index (χ0) is 27.2. The molecule has 0 aliphatic heterocycles. The third-order valence-corrected chi connectivity index (χ3v) is 6.23. The van der Waals surface area contributed by atoms with E-state index in [4.69, 9.17) is 23.2 Å². The molecule has 0 unspecified atom stereocenters. The summed E-state index contributed by atoms with van der Waals surface area (Å²) in [6.45, 7) is 4.04. The monoisotopic (exact) mass is 553 g/mol. The third kappa shape index (κ3) is 6.90. The van der Waals surface area contributed by atoms with Gasteiger partial charge in [-0.25, -0.2) is 13.9 Å². The molecule has 1 heterocycles. The molecule has 38 heavy (non-hydrogen) atoms. The Bertz CT molecular complexity index is 1430. The lowest BCUT2D eigenvalue weighted by Crippen LogP contribution is -2.42. The van der Waals surface area contributed by atoms with Gasteiger partial charge in [-0.3, -0.25) is 4.79 Å². The van der Waals surface area contributed by atoms with E-state index in [1.54, 1.807) is 36.4 Å². The number of carbonyl (C=O) groups is 2. The van der Waals surface area contributed by atoms with Crippen LogP contribution < -0.4 is 10.6 Å². The lowest BCUT2D eigenvalue weighted by Gasteiger charge is -2.24. The van der Waals surface area contributed by atoms with Crippen LogP contribution in [0, 0.1) is 11.7 Å². The maximum absolute atomic E-state index is 13.5. The molecule has 196 valence electrons. The molecule has 0 radical (unpaired) electrons. The van der Waals surface area contributed by atoms with E-state index < -0.39 is 11.9 Å². The second kappa shape index (κ2) is 12.1. The van der Waals surface area contributed by atoms with Crippen LogP contribution in [0.1, 0.15) is 13.8 Å². The number of carbonyl (C=O) groups excluding carboxylic acids is 2. The number of benzene rings is 3. The van der Waals surface area contributed by atoms with Gasteiger partial charge >= 0.3 is 6.03 Å². The van der Waals surface area contributed by atoms with Gasteiger partial charge in [0.25, 0.3) is 0 Å². The van der Waals surface area contributed by atoms with Gasteiger partial charge in [0, 0.05) is 23.9 Å². The molecular weight excluding hydrogens is 528 g/mol. The van der Waals surface area contributed by atoms with Crippen LogP contribution in [0.4, 0.5) is 20.7 Å². The molecule has 0 aliphatic rings. The molecule has 10 heteroatoms. The molecule has 7 nitrogen and oxygen atoms in total. The molecule has 0 spiro atoms. The van der Waals surface area contributed by atoms with Crippen molar-refractivity contribution in [2.24, 2.45) is 5.92 Å². The highest BCUT2D eigenvalue weighted by Crippen LogP contribution is 2.26. The molecule has 0 fully saturated rings.